The third-order valence-electron chi connectivity index (χ3n) is 4.67. The molecule has 0 saturated carbocycles. The van der Waals surface area contributed by atoms with Crippen molar-refractivity contribution in [2.45, 2.75) is 6.54 Å². The predicted octanol–water partition coefficient (Wildman–Crippen LogP) is 4.90. The lowest BCUT2D eigenvalue weighted by Gasteiger charge is -2.14. The van der Waals surface area contributed by atoms with Crippen LogP contribution < -0.4 is 5.32 Å². The van der Waals surface area contributed by atoms with Crippen molar-refractivity contribution in [2.24, 2.45) is 0 Å². The fraction of sp³-hybridized carbons (Fsp3) is 0.190. The van der Waals surface area contributed by atoms with Crippen LogP contribution in [0.25, 0.3) is 28.5 Å². The zero-order valence-electron chi connectivity index (χ0n) is 16.3. The molecule has 2 aromatic carbocycles. The number of benzene rings is 2. The Hall–Kier alpha value is -2.32. The smallest absolute Gasteiger partial charge is 0.290 e. The Morgan fingerprint density at radius 2 is 1.83 bits per heavy atom. The lowest BCUT2D eigenvalue weighted by atomic mass is 10.1. The summed E-state index contributed by atoms with van der Waals surface area (Å²) in [5, 5.41) is 2.87. The molecule has 1 aliphatic rings. The Bertz CT molecular complexity index is 1190. The summed E-state index contributed by atoms with van der Waals surface area (Å²) >= 11 is 13.3. The molecule has 1 saturated heterocycles. The highest BCUT2D eigenvalue weighted by atomic mass is 35.5. The first-order valence-corrected chi connectivity index (χ1v) is 10.7. The van der Waals surface area contributed by atoms with Crippen molar-refractivity contribution >= 4 is 63.2 Å². The number of halogens is 2. The second-order valence-electron chi connectivity index (χ2n) is 7.12. The van der Waals surface area contributed by atoms with Gasteiger partial charge in [0.25, 0.3) is 11.1 Å². The van der Waals surface area contributed by atoms with Crippen LogP contribution in [0.4, 0.5) is 4.79 Å². The van der Waals surface area contributed by atoms with E-state index in [2.05, 4.69) is 14.8 Å². The Labute approximate surface area is 187 Å². The van der Waals surface area contributed by atoms with E-state index in [0.29, 0.717) is 15.0 Å². The minimum atomic E-state index is -0.367. The number of nitrogens with one attached hydrogen (secondary N) is 1. The van der Waals surface area contributed by atoms with E-state index in [4.69, 9.17) is 28.2 Å². The maximum absolute atomic E-state index is 11.7. The van der Waals surface area contributed by atoms with Gasteiger partial charge in [-0.2, -0.15) is 0 Å². The number of amides is 2. The normalized spacial score (nSPS) is 15.6. The van der Waals surface area contributed by atoms with Gasteiger partial charge in [-0.25, -0.2) is 4.98 Å². The van der Waals surface area contributed by atoms with Crippen LogP contribution in [0.1, 0.15) is 5.56 Å². The molecule has 0 spiro atoms. The van der Waals surface area contributed by atoms with Crippen LogP contribution in [0.15, 0.2) is 41.3 Å². The van der Waals surface area contributed by atoms with Crippen molar-refractivity contribution in [1.29, 1.82) is 0 Å². The highest BCUT2D eigenvalue weighted by molar-refractivity contribution is 8.18. The summed E-state index contributed by atoms with van der Waals surface area (Å²) < 4.78 is 2.13. The Morgan fingerprint density at radius 1 is 1.13 bits per heavy atom. The van der Waals surface area contributed by atoms with Gasteiger partial charge in [-0.15, -0.1) is 0 Å². The molecule has 2 heterocycles. The summed E-state index contributed by atoms with van der Waals surface area (Å²) in [6.45, 7) is 1.57. The van der Waals surface area contributed by atoms with E-state index in [-0.39, 0.29) is 11.1 Å². The van der Waals surface area contributed by atoms with Gasteiger partial charge < -0.3 is 9.47 Å². The summed E-state index contributed by atoms with van der Waals surface area (Å²) in [6, 6.07) is 11.3. The molecule has 0 radical (unpaired) electrons. The summed E-state index contributed by atoms with van der Waals surface area (Å²) in [5.41, 5.74) is 3.46. The number of rotatable bonds is 5. The largest absolute Gasteiger partial charge is 0.323 e. The highest BCUT2D eigenvalue weighted by Crippen LogP contribution is 2.32. The van der Waals surface area contributed by atoms with Gasteiger partial charge in [-0.1, -0.05) is 47.5 Å². The van der Waals surface area contributed by atoms with E-state index in [9.17, 15) is 9.59 Å². The number of hydrogen-bond donors (Lipinski definition) is 1. The summed E-state index contributed by atoms with van der Waals surface area (Å²) in [5.74, 6) is 0.445. The van der Waals surface area contributed by atoms with E-state index in [1.165, 1.54) is 0 Å². The van der Waals surface area contributed by atoms with Crippen molar-refractivity contribution in [1.82, 2.24) is 19.8 Å². The molecule has 3 aromatic rings. The van der Waals surface area contributed by atoms with Crippen molar-refractivity contribution in [3.63, 3.8) is 0 Å². The highest BCUT2D eigenvalue weighted by Gasteiger charge is 2.25. The first-order chi connectivity index (χ1) is 14.3. The third-order valence-corrected chi connectivity index (χ3v) is 6.20. The van der Waals surface area contributed by atoms with Crippen LogP contribution in [0, 0.1) is 0 Å². The number of likely N-dealkylation sites (N-methyl/N-ethyl adjacent to an activating group) is 1. The SMILES string of the molecule is CN(C)CCn1c(-c2ccc(C=C3SC(=O)NC3=O)cc2)nc2cc(Cl)c(Cl)cc21. The molecule has 154 valence electrons. The summed E-state index contributed by atoms with van der Waals surface area (Å²) in [7, 11) is 4.04. The third kappa shape index (κ3) is 4.25. The fourth-order valence-electron chi connectivity index (χ4n) is 3.17. The number of imide groups is 1. The van der Waals surface area contributed by atoms with Crippen molar-refractivity contribution in [3.8, 4) is 11.4 Å². The van der Waals surface area contributed by atoms with Gasteiger partial charge in [-0.05, 0) is 49.6 Å². The number of nitrogens with zero attached hydrogens (tertiary/aromatic N) is 3. The van der Waals surface area contributed by atoms with Gasteiger partial charge in [0.15, 0.2) is 0 Å². The predicted molar refractivity (Wildman–Crippen MR) is 123 cm³/mol. The number of aromatic nitrogens is 2. The number of fused-ring (bicyclic) bond motifs is 1. The molecule has 1 aliphatic heterocycles. The lowest BCUT2D eigenvalue weighted by molar-refractivity contribution is -0.115. The van der Waals surface area contributed by atoms with Crippen LogP contribution in [-0.2, 0) is 11.3 Å². The summed E-state index contributed by atoms with van der Waals surface area (Å²) in [6.07, 6.45) is 1.70. The Kier molecular flexibility index (Phi) is 5.88. The number of carbonyl (C=O) groups is 2. The summed E-state index contributed by atoms with van der Waals surface area (Å²) in [4.78, 5) is 30.4. The van der Waals surface area contributed by atoms with Crippen LogP contribution >= 0.6 is 35.0 Å². The molecule has 6 nitrogen and oxygen atoms in total. The molecule has 4 rings (SSSR count). The van der Waals surface area contributed by atoms with E-state index in [1.807, 2.05) is 44.4 Å². The Balaban J connectivity index is 1.73. The quantitative estimate of drug-likeness (QED) is 0.548. The van der Waals surface area contributed by atoms with E-state index in [0.717, 1.165) is 52.8 Å². The molecule has 0 atom stereocenters. The molecule has 1 fully saturated rings. The first-order valence-electron chi connectivity index (χ1n) is 9.17. The second-order valence-corrected chi connectivity index (χ2v) is 8.95. The first kappa shape index (κ1) is 20.9. The van der Waals surface area contributed by atoms with Gasteiger partial charge in [0.05, 0.1) is 26.0 Å². The molecule has 0 bridgehead atoms. The van der Waals surface area contributed by atoms with Crippen LogP contribution in [0.3, 0.4) is 0 Å². The maximum atomic E-state index is 11.7. The maximum Gasteiger partial charge on any atom is 0.290 e. The second kappa shape index (κ2) is 8.43. The van der Waals surface area contributed by atoms with Crippen LogP contribution in [0.5, 0.6) is 0 Å². The monoisotopic (exact) mass is 460 g/mol. The number of carbonyl (C=O) groups excluding carboxylic acids is 2. The molecule has 9 heteroatoms. The minimum absolute atomic E-state index is 0.352. The van der Waals surface area contributed by atoms with E-state index >= 15 is 0 Å². The van der Waals surface area contributed by atoms with Crippen molar-refractivity contribution < 1.29 is 9.59 Å². The number of thioether (sulfide) groups is 1. The molecular formula is C21H18Cl2N4O2S. The molecule has 0 aliphatic carbocycles. The topological polar surface area (TPSA) is 67.2 Å². The molecule has 0 unspecified atom stereocenters. The number of imidazole rings is 1. The van der Waals surface area contributed by atoms with E-state index in [1.54, 1.807) is 12.1 Å². The van der Waals surface area contributed by atoms with Gasteiger partial charge in [-0.3, -0.25) is 14.9 Å². The average Bonchev–Trinajstić information content (AvgIpc) is 3.20. The Morgan fingerprint density at radius 3 is 2.47 bits per heavy atom. The van der Waals surface area contributed by atoms with Gasteiger partial charge in [0.1, 0.15) is 5.82 Å². The van der Waals surface area contributed by atoms with Crippen molar-refractivity contribution in [3.05, 3.63) is 56.9 Å². The fourth-order valence-corrected chi connectivity index (χ4v) is 4.17. The number of hydrogen-bond acceptors (Lipinski definition) is 5. The standard InChI is InChI=1S/C21H18Cl2N4O2S/c1-26(2)7-8-27-17-11-15(23)14(22)10-16(17)24-19(27)13-5-3-12(4-6-13)9-18-20(28)25-21(29)30-18/h3-6,9-11H,7-8H2,1-2H3,(H,25,28,29). The average molecular weight is 461 g/mol. The zero-order chi connectivity index (χ0) is 21.4. The van der Waals surface area contributed by atoms with Gasteiger partial charge in [0, 0.05) is 18.7 Å². The molecule has 2 amide bonds. The molecule has 1 aromatic heterocycles. The molecule has 1 N–H and O–H groups in total. The van der Waals surface area contributed by atoms with Crippen LogP contribution in [0.2, 0.25) is 10.0 Å². The minimum Gasteiger partial charge on any atom is -0.323 e. The molecular weight excluding hydrogens is 443 g/mol. The van der Waals surface area contributed by atoms with Gasteiger partial charge in [0.2, 0.25) is 0 Å². The zero-order valence-corrected chi connectivity index (χ0v) is 18.6. The van der Waals surface area contributed by atoms with Crippen LogP contribution in [-0.4, -0.2) is 46.2 Å². The lowest BCUT2D eigenvalue weighted by Crippen LogP contribution is -2.18. The van der Waals surface area contributed by atoms with Gasteiger partial charge >= 0.3 is 0 Å². The van der Waals surface area contributed by atoms with E-state index < -0.39 is 0 Å². The molecule has 30 heavy (non-hydrogen) atoms. The van der Waals surface area contributed by atoms with Crippen molar-refractivity contribution in [2.75, 3.05) is 20.6 Å².